The molecule has 0 spiro atoms. The fourth-order valence-electron chi connectivity index (χ4n) is 2.55. The predicted molar refractivity (Wildman–Crippen MR) is 96.1 cm³/mol. The van der Waals surface area contributed by atoms with E-state index in [-0.39, 0.29) is 11.8 Å². The molecule has 0 fully saturated rings. The maximum absolute atomic E-state index is 12.7. The third-order valence-corrected chi connectivity index (χ3v) is 4.98. The molecule has 3 rings (SSSR count). The quantitative estimate of drug-likeness (QED) is 0.857. The molecule has 1 aromatic carbocycles. The summed E-state index contributed by atoms with van der Waals surface area (Å²) >= 11 is 1.64. The lowest BCUT2D eigenvalue weighted by molar-refractivity contribution is -0.123. The molecule has 0 atom stereocenters. The minimum Gasteiger partial charge on any atom is -0.335 e. The molecule has 0 saturated heterocycles. The molecule has 1 aliphatic heterocycles. The summed E-state index contributed by atoms with van der Waals surface area (Å²) in [6.07, 6.45) is 0.681. The summed E-state index contributed by atoms with van der Waals surface area (Å²) in [5.74, 6) is -0.217. The van der Waals surface area contributed by atoms with E-state index in [0.717, 1.165) is 0 Å². The lowest BCUT2D eigenvalue weighted by atomic mass is 10.1. The highest BCUT2D eigenvalue weighted by atomic mass is 32.1. The van der Waals surface area contributed by atoms with Crippen LogP contribution in [0.25, 0.3) is 0 Å². The Bertz CT molecular complexity index is 783. The highest BCUT2D eigenvalue weighted by molar-refractivity contribution is 7.10. The van der Waals surface area contributed by atoms with Crippen molar-refractivity contribution in [2.45, 2.75) is 26.3 Å². The Kier molecular flexibility index (Phi) is 4.76. The smallest absolute Gasteiger partial charge is 0.270 e. The summed E-state index contributed by atoms with van der Waals surface area (Å²) in [7, 11) is 1.77. The van der Waals surface area contributed by atoms with Gasteiger partial charge in [0.1, 0.15) is 5.71 Å². The second kappa shape index (κ2) is 6.97. The molecule has 124 valence electrons. The van der Waals surface area contributed by atoms with Gasteiger partial charge in [-0.15, -0.1) is 11.3 Å². The van der Waals surface area contributed by atoms with Gasteiger partial charge in [0.05, 0.1) is 12.2 Å². The van der Waals surface area contributed by atoms with Crippen molar-refractivity contribution >= 4 is 34.6 Å². The number of benzene rings is 1. The van der Waals surface area contributed by atoms with Crippen molar-refractivity contribution in [1.29, 1.82) is 0 Å². The van der Waals surface area contributed by atoms with Gasteiger partial charge in [0, 0.05) is 24.8 Å². The molecule has 1 aliphatic rings. The zero-order valence-corrected chi connectivity index (χ0v) is 14.5. The van der Waals surface area contributed by atoms with E-state index in [1.807, 2.05) is 48.7 Å². The number of hydrogen-bond donors (Lipinski definition) is 0. The van der Waals surface area contributed by atoms with Crippen LogP contribution in [0, 0.1) is 6.92 Å². The van der Waals surface area contributed by atoms with Crippen molar-refractivity contribution in [2.24, 2.45) is 5.10 Å². The van der Waals surface area contributed by atoms with Gasteiger partial charge in [-0.25, -0.2) is 5.01 Å². The number of carbonyl (C=O) groups excluding carboxylic acids is 2. The topological polar surface area (TPSA) is 53.0 Å². The first-order valence-corrected chi connectivity index (χ1v) is 8.68. The SMILES string of the molecule is Cc1ccsc1CN(C)C(=O)C1=NN(c2ccccc2)C(=O)CC1. The summed E-state index contributed by atoms with van der Waals surface area (Å²) in [4.78, 5) is 27.6. The second-order valence-corrected chi connectivity index (χ2v) is 6.78. The van der Waals surface area contributed by atoms with E-state index in [4.69, 9.17) is 0 Å². The summed E-state index contributed by atoms with van der Waals surface area (Å²) in [6.45, 7) is 2.60. The van der Waals surface area contributed by atoms with E-state index < -0.39 is 0 Å². The van der Waals surface area contributed by atoms with Gasteiger partial charge in [-0.3, -0.25) is 9.59 Å². The van der Waals surface area contributed by atoms with Crippen LogP contribution >= 0.6 is 11.3 Å². The number of aryl methyl sites for hydroxylation is 1. The van der Waals surface area contributed by atoms with Crippen LogP contribution in [-0.2, 0) is 16.1 Å². The van der Waals surface area contributed by atoms with Gasteiger partial charge < -0.3 is 4.90 Å². The van der Waals surface area contributed by atoms with Crippen molar-refractivity contribution < 1.29 is 9.59 Å². The molecule has 0 radical (unpaired) electrons. The summed E-state index contributed by atoms with van der Waals surface area (Å²) < 4.78 is 0. The Balaban J connectivity index is 1.78. The van der Waals surface area contributed by atoms with Crippen LogP contribution in [0.3, 0.4) is 0 Å². The second-order valence-electron chi connectivity index (χ2n) is 5.78. The van der Waals surface area contributed by atoms with Gasteiger partial charge in [0.25, 0.3) is 5.91 Å². The third-order valence-electron chi connectivity index (χ3n) is 3.98. The van der Waals surface area contributed by atoms with Crippen molar-refractivity contribution in [3.63, 3.8) is 0 Å². The molecule has 2 amide bonds. The van der Waals surface area contributed by atoms with E-state index >= 15 is 0 Å². The van der Waals surface area contributed by atoms with Crippen LogP contribution in [-0.4, -0.2) is 29.5 Å². The van der Waals surface area contributed by atoms with Crippen molar-refractivity contribution in [3.8, 4) is 0 Å². The number of amides is 2. The first kappa shape index (κ1) is 16.4. The largest absolute Gasteiger partial charge is 0.335 e. The van der Waals surface area contributed by atoms with Gasteiger partial charge >= 0.3 is 0 Å². The highest BCUT2D eigenvalue weighted by Crippen LogP contribution is 2.21. The Morgan fingerprint density at radius 2 is 2.00 bits per heavy atom. The van der Waals surface area contributed by atoms with Crippen LogP contribution in [0.4, 0.5) is 5.69 Å². The van der Waals surface area contributed by atoms with E-state index in [9.17, 15) is 9.59 Å². The van der Waals surface area contributed by atoms with Gasteiger partial charge in [0.2, 0.25) is 5.91 Å². The summed E-state index contributed by atoms with van der Waals surface area (Å²) in [6, 6.07) is 11.2. The van der Waals surface area contributed by atoms with E-state index in [2.05, 4.69) is 5.10 Å². The number of para-hydroxylation sites is 1. The molecule has 0 aliphatic carbocycles. The predicted octanol–water partition coefficient (Wildman–Crippen LogP) is 3.20. The molecular weight excluding hydrogens is 322 g/mol. The Morgan fingerprint density at radius 3 is 2.67 bits per heavy atom. The zero-order chi connectivity index (χ0) is 17.1. The molecule has 0 bridgehead atoms. The number of thiophene rings is 1. The maximum Gasteiger partial charge on any atom is 0.270 e. The Morgan fingerprint density at radius 1 is 1.25 bits per heavy atom. The normalized spacial score (nSPS) is 14.5. The van der Waals surface area contributed by atoms with E-state index in [0.29, 0.717) is 30.8 Å². The maximum atomic E-state index is 12.7. The number of anilines is 1. The van der Waals surface area contributed by atoms with Crippen LogP contribution < -0.4 is 5.01 Å². The van der Waals surface area contributed by atoms with Crippen molar-refractivity contribution in [1.82, 2.24) is 4.90 Å². The molecule has 24 heavy (non-hydrogen) atoms. The van der Waals surface area contributed by atoms with Gasteiger partial charge in [-0.1, -0.05) is 18.2 Å². The molecular formula is C18H19N3O2S. The molecule has 1 aromatic heterocycles. The fraction of sp³-hybridized carbons (Fsp3) is 0.278. The summed E-state index contributed by atoms with van der Waals surface area (Å²) in [5, 5.41) is 7.68. The average Bonchev–Trinajstić information content (AvgIpc) is 3.00. The number of hydrazone groups is 1. The standard InChI is InChI=1S/C18H19N3O2S/c1-13-10-11-24-16(13)12-20(2)18(23)15-8-9-17(22)21(19-15)14-6-4-3-5-7-14/h3-7,10-11H,8-9,12H2,1-2H3. The molecule has 2 aromatic rings. The fourth-order valence-corrected chi connectivity index (χ4v) is 3.51. The highest BCUT2D eigenvalue weighted by Gasteiger charge is 2.27. The number of carbonyl (C=O) groups is 2. The van der Waals surface area contributed by atoms with Crippen LogP contribution in [0.15, 0.2) is 46.9 Å². The van der Waals surface area contributed by atoms with Crippen LogP contribution in [0.1, 0.15) is 23.3 Å². The van der Waals surface area contributed by atoms with Crippen LogP contribution in [0.5, 0.6) is 0 Å². The lowest BCUT2D eigenvalue weighted by Crippen LogP contribution is -2.39. The molecule has 6 heteroatoms. The first-order chi connectivity index (χ1) is 11.6. The lowest BCUT2D eigenvalue weighted by Gasteiger charge is -2.25. The van der Waals surface area contributed by atoms with E-state index in [1.165, 1.54) is 15.4 Å². The molecule has 0 N–H and O–H groups in total. The Hall–Kier alpha value is -2.47. The van der Waals surface area contributed by atoms with Crippen molar-refractivity contribution in [2.75, 3.05) is 12.1 Å². The minimum atomic E-state index is -0.128. The number of nitrogens with zero attached hydrogens (tertiary/aromatic N) is 3. The number of rotatable bonds is 4. The molecule has 5 nitrogen and oxygen atoms in total. The van der Waals surface area contributed by atoms with Gasteiger partial charge in [-0.05, 0) is 36.1 Å². The first-order valence-electron chi connectivity index (χ1n) is 7.80. The third kappa shape index (κ3) is 3.38. The zero-order valence-electron chi connectivity index (χ0n) is 13.7. The minimum absolute atomic E-state index is 0.0884. The molecule has 0 unspecified atom stereocenters. The summed E-state index contributed by atoms with van der Waals surface area (Å²) in [5.41, 5.74) is 2.30. The van der Waals surface area contributed by atoms with Crippen LogP contribution in [0.2, 0.25) is 0 Å². The Labute approximate surface area is 145 Å². The molecule has 0 saturated carbocycles. The average molecular weight is 341 g/mol. The number of hydrogen-bond acceptors (Lipinski definition) is 4. The van der Waals surface area contributed by atoms with Gasteiger partial charge in [0.15, 0.2) is 0 Å². The molecule has 2 heterocycles. The van der Waals surface area contributed by atoms with Crippen molar-refractivity contribution in [3.05, 3.63) is 52.2 Å². The van der Waals surface area contributed by atoms with Gasteiger partial charge in [-0.2, -0.15) is 5.10 Å². The van der Waals surface area contributed by atoms with E-state index in [1.54, 1.807) is 23.3 Å². The monoisotopic (exact) mass is 341 g/mol.